The standard InChI is InChI=1S/C16H18ClN5O3/c1-25-16(24)12-3-2-10(8-13(12)17)19-15(23)14-9-22(21-20-14)11-4-6-18-7-5-11/h2-3,8-9,11,18H,4-7H2,1H3,(H,19,23). The predicted molar refractivity (Wildman–Crippen MR) is 91.9 cm³/mol. The topological polar surface area (TPSA) is 98.1 Å². The largest absolute Gasteiger partial charge is 0.465 e. The van der Waals surface area contributed by atoms with Crippen molar-refractivity contribution >= 4 is 29.2 Å². The summed E-state index contributed by atoms with van der Waals surface area (Å²) in [6, 6.07) is 4.82. The third kappa shape index (κ3) is 3.97. The monoisotopic (exact) mass is 363 g/mol. The molecule has 3 rings (SSSR count). The van der Waals surface area contributed by atoms with Crippen molar-refractivity contribution in [2.75, 3.05) is 25.5 Å². The van der Waals surface area contributed by atoms with E-state index in [1.165, 1.54) is 19.2 Å². The Kier molecular flexibility index (Phi) is 5.30. The molecule has 2 N–H and O–H groups in total. The SMILES string of the molecule is COC(=O)c1ccc(NC(=O)c2cn(C3CCNCC3)nn2)cc1Cl. The number of piperidine rings is 1. The molecule has 2 heterocycles. The van der Waals surface area contributed by atoms with Gasteiger partial charge >= 0.3 is 5.97 Å². The van der Waals surface area contributed by atoms with Crippen molar-refractivity contribution < 1.29 is 14.3 Å². The van der Waals surface area contributed by atoms with Crippen LogP contribution in [0.4, 0.5) is 5.69 Å². The molecule has 9 heteroatoms. The van der Waals surface area contributed by atoms with Crippen LogP contribution in [0, 0.1) is 0 Å². The number of rotatable bonds is 4. The van der Waals surface area contributed by atoms with Gasteiger partial charge in [0.25, 0.3) is 5.91 Å². The molecule has 0 spiro atoms. The van der Waals surface area contributed by atoms with Crippen LogP contribution in [0.3, 0.4) is 0 Å². The number of amides is 1. The van der Waals surface area contributed by atoms with E-state index in [-0.39, 0.29) is 28.2 Å². The average molecular weight is 364 g/mol. The minimum atomic E-state index is -0.534. The second-order valence-electron chi connectivity index (χ2n) is 5.71. The highest BCUT2D eigenvalue weighted by molar-refractivity contribution is 6.34. The number of benzene rings is 1. The molecule has 0 saturated carbocycles. The van der Waals surface area contributed by atoms with Crippen LogP contribution in [0.5, 0.6) is 0 Å². The Hall–Kier alpha value is -2.45. The number of methoxy groups -OCH3 is 1. The lowest BCUT2D eigenvalue weighted by Gasteiger charge is -2.22. The number of hydrogen-bond acceptors (Lipinski definition) is 6. The van der Waals surface area contributed by atoms with E-state index in [0.717, 1.165) is 25.9 Å². The highest BCUT2D eigenvalue weighted by Crippen LogP contribution is 2.22. The molecule has 1 fully saturated rings. The lowest BCUT2D eigenvalue weighted by molar-refractivity contribution is 0.0601. The zero-order valence-corrected chi connectivity index (χ0v) is 14.4. The number of esters is 1. The number of nitrogens with zero attached hydrogens (tertiary/aromatic N) is 3. The molecule has 0 bridgehead atoms. The molecule has 1 amide bonds. The number of carbonyl (C=O) groups is 2. The van der Waals surface area contributed by atoms with E-state index < -0.39 is 5.97 Å². The van der Waals surface area contributed by atoms with Crippen molar-refractivity contribution in [1.29, 1.82) is 0 Å². The van der Waals surface area contributed by atoms with E-state index in [0.29, 0.717) is 5.69 Å². The smallest absolute Gasteiger partial charge is 0.339 e. The van der Waals surface area contributed by atoms with Crippen molar-refractivity contribution in [3.05, 3.63) is 40.7 Å². The van der Waals surface area contributed by atoms with Crippen LogP contribution < -0.4 is 10.6 Å². The van der Waals surface area contributed by atoms with Crippen LogP contribution >= 0.6 is 11.6 Å². The molecule has 25 heavy (non-hydrogen) atoms. The fourth-order valence-corrected chi connectivity index (χ4v) is 2.95. The van der Waals surface area contributed by atoms with Crippen molar-refractivity contribution in [2.45, 2.75) is 18.9 Å². The zero-order chi connectivity index (χ0) is 17.8. The molecule has 1 aliphatic heterocycles. The van der Waals surface area contributed by atoms with E-state index in [9.17, 15) is 9.59 Å². The summed E-state index contributed by atoms with van der Waals surface area (Å²) in [5.74, 6) is -0.921. The van der Waals surface area contributed by atoms with Crippen molar-refractivity contribution in [2.24, 2.45) is 0 Å². The second-order valence-corrected chi connectivity index (χ2v) is 6.11. The van der Waals surface area contributed by atoms with Crippen LogP contribution in [-0.4, -0.2) is 47.1 Å². The summed E-state index contributed by atoms with van der Waals surface area (Å²) < 4.78 is 6.37. The summed E-state index contributed by atoms with van der Waals surface area (Å²) >= 11 is 6.05. The molecule has 0 aliphatic carbocycles. The van der Waals surface area contributed by atoms with Gasteiger partial charge in [0.2, 0.25) is 0 Å². The maximum absolute atomic E-state index is 12.3. The number of ether oxygens (including phenoxy) is 1. The van der Waals surface area contributed by atoms with Gasteiger partial charge in [-0.2, -0.15) is 0 Å². The normalized spacial score (nSPS) is 15.0. The van der Waals surface area contributed by atoms with Crippen molar-refractivity contribution in [3.8, 4) is 0 Å². The Balaban J connectivity index is 1.69. The maximum atomic E-state index is 12.3. The van der Waals surface area contributed by atoms with Gasteiger partial charge in [0.15, 0.2) is 5.69 Å². The van der Waals surface area contributed by atoms with Gasteiger partial charge in [0.1, 0.15) is 0 Å². The third-order valence-corrected chi connectivity index (χ3v) is 4.37. The molecule has 0 atom stereocenters. The maximum Gasteiger partial charge on any atom is 0.339 e. The molecule has 1 aliphatic rings. The minimum absolute atomic E-state index is 0.197. The molecule has 1 aromatic carbocycles. The fourth-order valence-electron chi connectivity index (χ4n) is 2.69. The van der Waals surface area contributed by atoms with E-state index in [4.69, 9.17) is 11.6 Å². The van der Waals surface area contributed by atoms with E-state index in [2.05, 4.69) is 25.7 Å². The van der Waals surface area contributed by atoms with Crippen molar-refractivity contribution in [3.63, 3.8) is 0 Å². The summed E-state index contributed by atoms with van der Waals surface area (Å²) in [6.07, 6.45) is 3.56. The summed E-state index contributed by atoms with van der Waals surface area (Å²) in [6.45, 7) is 1.86. The average Bonchev–Trinajstić information content (AvgIpc) is 3.12. The molecule has 0 unspecified atom stereocenters. The van der Waals surface area contributed by atoms with Gasteiger partial charge in [-0.05, 0) is 44.1 Å². The lowest BCUT2D eigenvalue weighted by atomic mass is 10.1. The number of anilines is 1. The highest BCUT2D eigenvalue weighted by atomic mass is 35.5. The second kappa shape index (κ2) is 7.62. The zero-order valence-electron chi connectivity index (χ0n) is 13.7. The predicted octanol–water partition coefficient (Wildman–Crippen LogP) is 1.89. The molecule has 8 nitrogen and oxygen atoms in total. The van der Waals surface area contributed by atoms with Crippen LogP contribution in [0.2, 0.25) is 5.02 Å². The van der Waals surface area contributed by atoms with Gasteiger partial charge in [-0.15, -0.1) is 5.10 Å². The van der Waals surface area contributed by atoms with Gasteiger partial charge in [-0.3, -0.25) is 4.79 Å². The molecule has 0 radical (unpaired) electrons. The summed E-state index contributed by atoms with van der Waals surface area (Å²) in [7, 11) is 1.28. The van der Waals surface area contributed by atoms with Gasteiger partial charge in [-0.1, -0.05) is 16.8 Å². The number of hydrogen-bond donors (Lipinski definition) is 2. The molecule has 1 saturated heterocycles. The first-order chi connectivity index (χ1) is 12.1. The van der Waals surface area contributed by atoms with Gasteiger partial charge in [0, 0.05) is 5.69 Å². The molecule has 2 aromatic rings. The van der Waals surface area contributed by atoms with Crippen LogP contribution in [0.1, 0.15) is 39.7 Å². The molecular weight excluding hydrogens is 346 g/mol. The molecule has 1 aromatic heterocycles. The first kappa shape index (κ1) is 17.4. The minimum Gasteiger partial charge on any atom is -0.465 e. The Labute approximate surface area is 149 Å². The van der Waals surface area contributed by atoms with Crippen LogP contribution in [0.15, 0.2) is 24.4 Å². The van der Waals surface area contributed by atoms with Crippen LogP contribution in [0.25, 0.3) is 0 Å². The lowest BCUT2D eigenvalue weighted by Crippen LogP contribution is -2.29. The number of halogens is 1. The Morgan fingerprint density at radius 1 is 1.36 bits per heavy atom. The summed E-state index contributed by atoms with van der Waals surface area (Å²) in [4.78, 5) is 23.8. The fraction of sp³-hybridized carbons (Fsp3) is 0.375. The Bertz CT molecular complexity index is 786. The van der Waals surface area contributed by atoms with E-state index >= 15 is 0 Å². The number of nitrogens with one attached hydrogen (secondary N) is 2. The summed E-state index contributed by atoms with van der Waals surface area (Å²) in [5.41, 5.74) is 0.921. The quantitative estimate of drug-likeness (QED) is 0.805. The van der Waals surface area contributed by atoms with Gasteiger partial charge in [-0.25, -0.2) is 9.48 Å². The Morgan fingerprint density at radius 2 is 2.12 bits per heavy atom. The Morgan fingerprint density at radius 3 is 2.80 bits per heavy atom. The van der Waals surface area contributed by atoms with Gasteiger partial charge in [0.05, 0.1) is 29.9 Å². The van der Waals surface area contributed by atoms with Crippen molar-refractivity contribution in [1.82, 2.24) is 20.3 Å². The van der Waals surface area contributed by atoms with E-state index in [1.54, 1.807) is 16.9 Å². The first-order valence-electron chi connectivity index (χ1n) is 7.90. The summed E-state index contributed by atoms with van der Waals surface area (Å²) in [5, 5.41) is 14.2. The number of carbonyl (C=O) groups excluding carboxylic acids is 2. The van der Waals surface area contributed by atoms with E-state index in [1.807, 2.05) is 0 Å². The highest BCUT2D eigenvalue weighted by Gasteiger charge is 2.19. The first-order valence-corrected chi connectivity index (χ1v) is 8.28. The molecule has 132 valence electrons. The van der Waals surface area contributed by atoms with Gasteiger partial charge < -0.3 is 15.4 Å². The number of aromatic nitrogens is 3. The third-order valence-electron chi connectivity index (χ3n) is 4.06. The van der Waals surface area contributed by atoms with Crippen LogP contribution in [-0.2, 0) is 4.74 Å². The molecular formula is C16H18ClN5O3.